The first kappa shape index (κ1) is 22.2. The molecule has 6 nitrogen and oxygen atoms in total. The molecule has 1 aliphatic heterocycles. The maximum Gasteiger partial charge on any atom is 0.288 e. The zero-order valence-electron chi connectivity index (χ0n) is 18.8. The highest BCUT2D eigenvalue weighted by Crippen LogP contribution is 2.51. The van der Waals surface area contributed by atoms with Gasteiger partial charge < -0.3 is 10.6 Å². The van der Waals surface area contributed by atoms with E-state index >= 15 is 0 Å². The molecule has 172 valence electrons. The Morgan fingerprint density at radius 2 is 1.94 bits per heavy atom. The summed E-state index contributed by atoms with van der Waals surface area (Å²) < 4.78 is 0. The predicted octanol–water partition coefficient (Wildman–Crippen LogP) is 6.94. The van der Waals surface area contributed by atoms with E-state index in [1.807, 2.05) is 56.3 Å². The van der Waals surface area contributed by atoms with Crippen molar-refractivity contribution in [2.75, 3.05) is 10.6 Å². The molecule has 2 N–H and O–H groups in total. The monoisotopic (exact) mass is 473 g/mol. The minimum absolute atomic E-state index is 0.111. The lowest BCUT2D eigenvalue weighted by atomic mass is 9.76. The molecule has 0 radical (unpaired) electrons. The van der Waals surface area contributed by atoms with Crippen LogP contribution in [0.4, 0.5) is 17.1 Å². The van der Waals surface area contributed by atoms with Crippen molar-refractivity contribution in [2.45, 2.75) is 32.2 Å². The number of hydrogen-bond donors (Lipinski definition) is 2. The third-order valence-electron chi connectivity index (χ3n) is 6.93. The second-order valence-electron chi connectivity index (χ2n) is 8.97. The van der Waals surface area contributed by atoms with Gasteiger partial charge in [0.1, 0.15) is 5.02 Å². The van der Waals surface area contributed by atoms with Gasteiger partial charge in [-0.15, -0.1) is 0 Å². The third kappa shape index (κ3) is 3.84. The number of fused-ring (bicyclic) bond motifs is 3. The average molecular weight is 474 g/mol. The van der Waals surface area contributed by atoms with Gasteiger partial charge in [-0.1, -0.05) is 48.0 Å². The van der Waals surface area contributed by atoms with E-state index in [0.717, 1.165) is 40.0 Å². The molecular weight excluding hydrogens is 450 g/mol. The Morgan fingerprint density at radius 3 is 2.71 bits per heavy atom. The van der Waals surface area contributed by atoms with E-state index in [-0.39, 0.29) is 34.5 Å². The quantitative estimate of drug-likeness (QED) is 0.244. The molecule has 1 heterocycles. The SMILES string of the molecule is Cc1ccc(NC(=O)c2cccc3c2NC(c2ccc(Cl)c([N+](=O)[O-])c2)C2CC=CC32)cc1C. The van der Waals surface area contributed by atoms with Crippen LogP contribution in [0.25, 0.3) is 0 Å². The van der Waals surface area contributed by atoms with Crippen LogP contribution in [0.1, 0.15) is 51.0 Å². The zero-order chi connectivity index (χ0) is 24.0. The van der Waals surface area contributed by atoms with Gasteiger partial charge in [0.25, 0.3) is 11.6 Å². The number of allylic oxidation sites excluding steroid dienone is 2. The second-order valence-corrected chi connectivity index (χ2v) is 9.37. The molecule has 7 heteroatoms. The summed E-state index contributed by atoms with van der Waals surface area (Å²) in [6.45, 7) is 4.05. The summed E-state index contributed by atoms with van der Waals surface area (Å²) in [5, 5.41) is 18.2. The summed E-state index contributed by atoms with van der Waals surface area (Å²) in [4.78, 5) is 24.3. The number of hydrogen-bond acceptors (Lipinski definition) is 4. The molecule has 0 aromatic heterocycles. The van der Waals surface area contributed by atoms with E-state index in [1.54, 1.807) is 6.07 Å². The predicted molar refractivity (Wildman–Crippen MR) is 135 cm³/mol. The van der Waals surface area contributed by atoms with Crippen molar-refractivity contribution in [3.63, 3.8) is 0 Å². The van der Waals surface area contributed by atoms with E-state index in [4.69, 9.17) is 11.6 Å². The zero-order valence-corrected chi connectivity index (χ0v) is 19.6. The number of amides is 1. The highest BCUT2D eigenvalue weighted by Gasteiger charge is 2.39. The van der Waals surface area contributed by atoms with Crippen molar-refractivity contribution < 1.29 is 9.72 Å². The molecule has 5 rings (SSSR count). The average Bonchev–Trinajstić information content (AvgIpc) is 3.31. The first-order valence-electron chi connectivity index (χ1n) is 11.2. The van der Waals surface area contributed by atoms with Gasteiger partial charge in [-0.25, -0.2) is 0 Å². The van der Waals surface area contributed by atoms with Crippen molar-refractivity contribution in [3.05, 3.63) is 110 Å². The van der Waals surface area contributed by atoms with Gasteiger partial charge in [-0.3, -0.25) is 14.9 Å². The molecule has 1 aliphatic carbocycles. The van der Waals surface area contributed by atoms with Crippen molar-refractivity contribution in [2.24, 2.45) is 5.92 Å². The Morgan fingerprint density at radius 1 is 1.12 bits per heavy atom. The first-order chi connectivity index (χ1) is 16.3. The Bertz CT molecular complexity index is 1350. The fraction of sp³-hybridized carbons (Fsp3) is 0.222. The highest BCUT2D eigenvalue weighted by molar-refractivity contribution is 6.32. The van der Waals surface area contributed by atoms with Crippen molar-refractivity contribution >= 4 is 34.6 Å². The smallest absolute Gasteiger partial charge is 0.288 e. The van der Waals surface area contributed by atoms with Crippen LogP contribution in [-0.4, -0.2) is 10.8 Å². The number of halogens is 1. The molecule has 0 bridgehead atoms. The molecular formula is C27H24ClN3O3. The topological polar surface area (TPSA) is 84.3 Å². The van der Waals surface area contributed by atoms with Crippen LogP contribution in [-0.2, 0) is 0 Å². The number of nitrogens with zero attached hydrogens (tertiary/aromatic N) is 1. The van der Waals surface area contributed by atoms with Crippen molar-refractivity contribution in [1.29, 1.82) is 0 Å². The largest absolute Gasteiger partial charge is 0.377 e. The minimum Gasteiger partial charge on any atom is -0.377 e. The molecule has 2 aliphatic rings. The standard InChI is InChI=1S/C27H24ClN3O3/c1-15-9-11-18(13-16(15)2)29-27(32)22-8-4-7-21-19-5-3-6-20(19)25(30-26(21)22)17-10-12-23(28)24(14-17)31(33)34/h3-5,7-14,19-20,25,30H,6H2,1-2H3,(H,29,32). The number of carbonyl (C=O) groups excluding carboxylic acids is 1. The molecule has 3 aromatic carbocycles. The van der Waals surface area contributed by atoms with E-state index in [0.29, 0.717) is 5.56 Å². The van der Waals surface area contributed by atoms with Gasteiger partial charge in [0, 0.05) is 17.7 Å². The molecule has 3 unspecified atom stereocenters. The second kappa shape index (κ2) is 8.61. The van der Waals surface area contributed by atoms with Crippen LogP contribution < -0.4 is 10.6 Å². The van der Waals surface area contributed by atoms with Gasteiger partial charge in [-0.2, -0.15) is 0 Å². The molecule has 0 fully saturated rings. The summed E-state index contributed by atoms with van der Waals surface area (Å²) in [6, 6.07) is 16.3. The van der Waals surface area contributed by atoms with E-state index in [2.05, 4.69) is 22.8 Å². The lowest BCUT2D eigenvalue weighted by molar-refractivity contribution is -0.384. The Balaban J connectivity index is 1.53. The first-order valence-corrected chi connectivity index (χ1v) is 11.6. The Kier molecular flexibility index (Phi) is 5.62. The summed E-state index contributed by atoms with van der Waals surface area (Å²) in [5.74, 6) is 0.102. The lowest BCUT2D eigenvalue weighted by Gasteiger charge is -2.38. The van der Waals surface area contributed by atoms with Crippen LogP contribution in [0, 0.1) is 29.9 Å². The minimum atomic E-state index is -0.463. The summed E-state index contributed by atoms with van der Waals surface area (Å²) in [7, 11) is 0. The number of nitro benzene ring substituents is 1. The number of para-hydroxylation sites is 1. The van der Waals surface area contributed by atoms with Gasteiger partial charge >= 0.3 is 0 Å². The molecule has 34 heavy (non-hydrogen) atoms. The lowest BCUT2D eigenvalue weighted by Crippen LogP contribution is -2.31. The van der Waals surface area contributed by atoms with Crippen LogP contribution in [0.3, 0.4) is 0 Å². The number of carbonyl (C=O) groups is 1. The number of benzene rings is 3. The van der Waals surface area contributed by atoms with Crippen LogP contribution >= 0.6 is 11.6 Å². The van der Waals surface area contributed by atoms with E-state index in [1.165, 1.54) is 6.07 Å². The van der Waals surface area contributed by atoms with Gasteiger partial charge in [-0.05, 0) is 72.7 Å². The van der Waals surface area contributed by atoms with Crippen molar-refractivity contribution in [1.82, 2.24) is 0 Å². The number of aryl methyl sites for hydroxylation is 2. The van der Waals surface area contributed by atoms with Crippen LogP contribution in [0.15, 0.2) is 66.7 Å². The molecule has 0 saturated heterocycles. The maximum absolute atomic E-state index is 13.3. The van der Waals surface area contributed by atoms with Gasteiger partial charge in [0.2, 0.25) is 0 Å². The molecule has 0 spiro atoms. The Hall–Kier alpha value is -3.64. The number of anilines is 2. The highest BCUT2D eigenvalue weighted by atomic mass is 35.5. The number of nitro groups is 1. The fourth-order valence-electron chi connectivity index (χ4n) is 5.02. The molecule has 1 amide bonds. The van der Waals surface area contributed by atoms with Crippen LogP contribution in [0.5, 0.6) is 0 Å². The van der Waals surface area contributed by atoms with E-state index in [9.17, 15) is 14.9 Å². The van der Waals surface area contributed by atoms with Crippen LogP contribution in [0.2, 0.25) is 5.02 Å². The number of rotatable bonds is 4. The normalized spacial score (nSPS) is 20.3. The Labute approximate surface area is 202 Å². The summed E-state index contributed by atoms with van der Waals surface area (Å²) in [6.07, 6.45) is 5.16. The summed E-state index contributed by atoms with van der Waals surface area (Å²) in [5.41, 5.74) is 6.04. The van der Waals surface area contributed by atoms with Gasteiger partial charge in [0.15, 0.2) is 0 Å². The third-order valence-corrected chi connectivity index (χ3v) is 7.25. The van der Waals surface area contributed by atoms with Crippen molar-refractivity contribution in [3.8, 4) is 0 Å². The molecule has 0 saturated carbocycles. The summed E-state index contributed by atoms with van der Waals surface area (Å²) >= 11 is 6.06. The van der Waals surface area contributed by atoms with Gasteiger partial charge in [0.05, 0.1) is 22.2 Å². The van der Waals surface area contributed by atoms with E-state index < -0.39 is 4.92 Å². The molecule has 3 aromatic rings. The maximum atomic E-state index is 13.3. The molecule has 3 atom stereocenters. The number of nitrogens with one attached hydrogen (secondary N) is 2. The fourth-order valence-corrected chi connectivity index (χ4v) is 5.21.